The molecule has 0 spiro atoms. The van der Waals surface area contributed by atoms with E-state index >= 15 is 0 Å². The van der Waals surface area contributed by atoms with Crippen molar-refractivity contribution < 1.29 is 14.3 Å². The van der Waals surface area contributed by atoms with E-state index in [9.17, 15) is 4.79 Å². The normalized spacial score (nSPS) is 23.1. The number of carbonyl (C=O) groups is 1. The number of ether oxygens (including phenoxy) is 2. The third-order valence-corrected chi connectivity index (χ3v) is 3.55. The molecule has 1 amide bonds. The average Bonchev–Trinajstić information content (AvgIpc) is 2.84. The Morgan fingerprint density at radius 1 is 1.38 bits per heavy atom. The van der Waals surface area contributed by atoms with E-state index < -0.39 is 0 Å². The molecule has 116 valence electrons. The second kappa shape index (κ2) is 6.91. The minimum absolute atomic E-state index is 0.0531. The first-order valence-electron chi connectivity index (χ1n) is 7.37. The van der Waals surface area contributed by atoms with Gasteiger partial charge in [0, 0.05) is 6.04 Å². The van der Waals surface area contributed by atoms with Crippen molar-refractivity contribution in [3.8, 4) is 5.75 Å². The second-order valence-corrected chi connectivity index (χ2v) is 5.78. The summed E-state index contributed by atoms with van der Waals surface area (Å²) in [6.07, 6.45) is 0.124. The molecule has 1 fully saturated rings. The first-order valence-corrected chi connectivity index (χ1v) is 7.37. The minimum Gasteiger partial charge on any atom is -0.491 e. The Kier molecular flexibility index (Phi) is 5.20. The van der Waals surface area contributed by atoms with Gasteiger partial charge in [-0.15, -0.1) is 0 Å². The average molecular weight is 292 g/mol. The van der Waals surface area contributed by atoms with Crippen LogP contribution in [0.3, 0.4) is 0 Å². The van der Waals surface area contributed by atoms with Crippen molar-refractivity contribution in [1.82, 2.24) is 5.32 Å². The van der Waals surface area contributed by atoms with Crippen LogP contribution in [0.1, 0.15) is 32.4 Å². The van der Waals surface area contributed by atoms with Crippen LogP contribution in [0.2, 0.25) is 0 Å². The lowest BCUT2D eigenvalue weighted by atomic mass is 10.0. The molecule has 3 N–H and O–H groups in total. The lowest BCUT2D eigenvalue weighted by molar-refractivity contribution is -0.125. The Hall–Kier alpha value is -1.59. The topological polar surface area (TPSA) is 73.6 Å². The molecule has 0 aromatic heterocycles. The van der Waals surface area contributed by atoms with E-state index in [2.05, 4.69) is 5.32 Å². The van der Waals surface area contributed by atoms with E-state index in [1.165, 1.54) is 0 Å². The molecule has 3 atom stereocenters. The SMILES string of the molecule is CC(C)Oc1cccc(C(C)NC(=O)C2COCC2N)c1. The summed E-state index contributed by atoms with van der Waals surface area (Å²) in [5.41, 5.74) is 6.88. The highest BCUT2D eigenvalue weighted by Crippen LogP contribution is 2.21. The van der Waals surface area contributed by atoms with Gasteiger partial charge in [-0.05, 0) is 38.5 Å². The van der Waals surface area contributed by atoms with Crippen LogP contribution >= 0.6 is 0 Å². The molecule has 1 aliphatic heterocycles. The van der Waals surface area contributed by atoms with Gasteiger partial charge in [-0.2, -0.15) is 0 Å². The van der Waals surface area contributed by atoms with Gasteiger partial charge in [0.2, 0.25) is 5.91 Å². The predicted octanol–water partition coefficient (Wildman–Crippen LogP) is 1.62. The fourth-order valence-electron chi connectivity index (χ4n) is 2.37. The summed E-state index contributed by atoms with van der Waals surface area (Å²) in [4.78, 5) is 12.2. The third kappa shape index (κ3) is 4.19. The molecule has 1 heterocycles. The fraction of sp³-hybridized carbons (Fsp3) is 0.562. The number of nitrogens with one attached hydrogen (secondary N) is 1. The van der Waals surface area contributed by atoms with E-state index in [4.69, 9.17) is 15.2 Å². The molecule has 0 radical (unpaired) electrons. The molecule has 1 saturated heterocycles. The molecule has 3 unspecified atom stereocenters. The first-order chi connectivity index (χ1) is 9.97. The van der Waals surface area contributed by atoms with E-state index in [0.29, 0.717) is 13.2 Å². The van der Waals surface area contributed by atoms with E-state index in [1.807, 2.05) is 45.0 Å². The fourth-order valence-corrected chi connectivity index (χ4v) is 2.37. The van der Waals surface area contributed by atoms with E-state index in [-0.39, 0.29) is 30.0 Å². The van der Waals surface area contributed by atoms with Crippen LogP contribution < -0.4 is 15.8 Å². The zero-order valence-corrected chi connectivity index (χ0v) is 12.8. The van der Waals surface area contributed by atoms with Crippen molar-refractivity contribution in [3.05, 3.63) is 29.8 Å². The highest BCUT2D eigenvalue weighted by atomic mass is 16.5. The molecule has 0 saturated carbocycles. The van der Waals surface area contributed by atoms with Gasteiger partial charge in [0.05, 0.1) is 31.3 Å². The van der Waals surface area contributed by atoms with Gasteiger partial charge in [0.1, 0.15) is 5.75 Å². The zero-order valence-electron chi connectivity index (χ0n) is 12.8. The maximum Gasteiger partial charge on any atom is 0.227 e. The van der Waals surface area contributed by atoms with Crippen molar-refractivity contribution in [2.45, 2.75) is 39.0 Å². The highest BCUT2D eigenvalue weighted by Gasteiger charge is 2.31. The maximum absolute atomic E-state index is 12.2. The van der Waals surface area contributed by atoms with Gasteiger partial charge < -0.3 is 20.5 Å². The molecule has 1 aromatic rings. The van der Waals surface area contributed by atoms with Gasteiger partial charge in [-0.3, -0.25) is 4.79 Å². The van der Waals surface area contributed by atoms with Gasteiger partial charge in [-0.1, -0.05) is 12.1 Å². The monoisotopic (exact) mass is 292 g/mol. The number of hydrogen-bond donors (Lipinski definition) is 2. The van der Waals surface area contributed by atoms with E-state index in [1.54, 1.807) is 0 Å². The van der Waals surface area contributed by atoms with Crippen molar-refractivity contribution in [1.29, 1.82) is 0 Å². The lowest BCUT2D eigenvalue weighted by Gasteiger charge is -2.19. The summed E-state index contributed by atoms with van der Waals surface area (Å²) in [6.45, 7) is 6.77. The van der Waals surface area contributed by atoms with E-state index in [0.717, 1.165) is 11.3 Å². The summed E-state index contributed by atoms with van der Waals surface area (Å²) < 4.78 is 10.9. The zero-order chi connectivity index (χ0) is 15.4. The Morgan fingerprint density at radius 3 is 2.76 bits per heavy atom. The standard InChI is InChI=1S/C16H24N2O3/c1-10(2)21-13-6-4-5-12(7-13)11(3)18-16(19)14-8-20-9-15(14)17/h4-7,10-11,14-15H,8-9,17H2,1-3H3,(H,18,19). The number of nitrogens with two attached hydrogens (primary N) is 1. The van der Waals surface area contributed by atoms with Crippen LogP contribution in [-0.4, -0.2) is 31.3 Å². The largest absolute Gasteiger partial charge is 0.491 e. The molecular weight excluding hydrogens is 268 g/mol. The Labute approximate surface area is 125 Å². The second-order valence-electron chi connectivity index (χ2n) is 5.78. The molecular formula is C16H24N2O3. The van der Waals surface area contributed by atoms with Crippen LogP contribution in [0.15, 0.2) is 24.3 Å². The molecule has 21 heavy (non-hydrogen) atoms. The number of rotatable bonds is 5. The Balaban J connectivity index is 1.99. The number of hydrogen-bond acceptors (Lipinski definition) is 4. The van der Waals surface area contributed by atoms with Crippen LogP contribution in [0.4, 0.5) is 0 Å². The quantitative estimate of drug-likeness (QED) is 0.865. The summed E-state index contributed by atoms with van der Waals surface area (Å²) in [7, 11) is 0. The molecule has 0 aliphatic carbocycles. The molecule has 1 aromatic carbocycles. The van der Waals surface area contributed by atoms with Crippen LogP contribution in [0.5, 0.6) is 5.75 Å². The Bertz CT molecular complexity index is 490. The van der Waals surface area contributed by atoms with Gasteiger partial charge in [0.15, 0.2) is 0 Å². The number of amides is 1. The van der Waals surface area contributed by atoms with Crippen LogP contribution in [-0.2, 0) is 9.53 Å². The number of carbonyl (C=O) groups excluding carboxylic acids is 1. The Morgan fingerprint density at radius 2 is 2.14 bits per heavy atom. The summed E-state index contributed by atoms with van der Waals surface area (Å²) in [5, 5.41) is 2.99. The smallest absolute Gasteiger partial charge is 0.227 e. The predicted molar refractivity (Wildman–Crippen MR) is 81.0 cm³/mol. The summed E-state index contributed by atoms with van der Waals surface area (Å²) >= 11 is 0. The van der Waals surface area contributed by atoms with Crippen LogP contribution in [0, 0.1) is 5.92 Å². The van der Waals surface area contributed by atoms with Gasteiger partial charge >= 0.3 is 0 Å². The molecule has 2 rings (SSSR count). The number of benzene rings is 1. The summed E-state index contributed by atoms with van der Waals surface area (Å²) in [5.74, 6) is 0.495. The first kappa shape index (κ1) is 15.8. The molecule has 0 bridgehead atoms. The summed E-state index contributed by atoms with van der Waals surface area (Å²) in [6, 6.07) is 7.46. The van der Waals surface area contributed by atoms with Gasteiger partial charge in [-0.25, -0.2) is 0 Å². The lowest BCUT2D eigenvalue weighted by Crippen LogP contribution is -2.41. The molecule has 1 aliphatic rings. The third-order valence-electron chi connectivity index (χ3n) is 3.55. The van der Waals surface area contributed by atoms with Crippen LogP contribution in [0.25, 0.3) is 0 Å². The molecule has 5 heteroatoms. The minimum atomic E-state index is -0.262. The van der Waals surface area contributed by atoms with Crippen molar-refractivity contribution in [2.75, 3.05) is 13.2 Å². The van der Waals surface area contributed by atoms with Gasteiger partial charge in [0.25, 0.3) is 0 Å². The highest BCUT2D eigenvalue weighted by molar-refractivity contribution is 5.80. The van der Waals surface area contributed by atoms with Crippen molar-refractivity contribution in [2.24, 2.45) is 11.7 Å². The van der Waals surface area contributed by atoms with Crippen molar-refractivity contribution >= 4 is 5.91 Å². The van der Waals surface area contributed by atoms with Crippen molar-refractivity contribution in [3.63, 3.8) is 0 Å². The molecule has 5 nitrogen and oxygen atoms in total. The maximum atomic E-state index is 12.2.